The van der Waals surface area contributed by atoms with E-state index < -0.39 is 6.10 Å². The van der Waals surface area contributed by atoms with Crippen molar-refractivity contribution in [2.75, 3.05) is 43.1 Å². The van der Waals surface area contributed by atoms with Crippen LogP contribution in [0.5, 0.6) is 0 Å². The van der Waals surface area contributed by atoms with Gasteiger partial charge in [0.25, 0.3) is 5.91 Å². The predicted octanol–water partition coefficient (Wildman–Crippen LogP) is 0.239. The molecule has 0 saturated carbocycles. The fourth-order valence-electron chi connectivity index (χ4n) is 2.17. The van der Waals surface area contributed by atoms with E-state index >= 15 is 0 Å². The summed E-state index contributed by atoms with van der Waals surface area (Å²) in [6.45, 7) is 2.68. The zero-order chi connectivity index (χ0) is 14.4. The average Bonchev–Trinajstić information content (AvgIpc) is 2.53. The summed E-state index contributed by atoms with van der Waals surface area (Å²) in [5.74, 6) is 1.48. The maximum atomic E-state index is 12.1. The lowest BCUT2D eigenvalue weighted by molar-refractivity contribution is -0.140. The number of rotatable bonds is 5. The Morgan fingerprint density at radius 3 is 2.75 bits per heavy atom. The molecular weight excluding hydrogens is 276 g/mol. The van der Waals surface area contributed by atoms with Gasteiger partial charge in [0.05, 0.1) is 6.20 Å². The number of amides is 1. The fourth-order valence-corrected chi connectivity index (χ4v) is 2.63. The molecule has 1 aliphatic heterocycles. The number of nitrogens with zero attached hydrogens (tertiary/aromatic N) is 4. The van der Waals surface area contributed by atoms with E-state index in [0.29, 0.717) is 19.5 Å². The number of thioether (sulfide) groups is 1. The topological polar surface area (TPSA) is 69.6 Å². The normalized spacial score (nSPS) is 17.1. The van der Waals surface area contributed by atoms with Crippen LogP contribution < -0.4 is 4.90 Å². The quantitative estimate of drug-likeness (QED) is 0.839. The molecule has 1 amide bonds. The highest BCUT2D eigenvalue weighted by Gasteiger charge is 2.26. The Bertz CT molecular complexity index is 424. The number of aromatic nitrogens is 2. The smallest absolute Gasteiger partial charge is 0.251 e. The van der Waals surface area contributed by atoms with Crippen molar-refractivity contribution in [2.45, 2.75) is 12.5 Å². The van der Waals surface area contributed by atoms with Crippen molar-refractivity contribution < 1.29 is 9.90 Å². The summed E-state index contributed by atoms with van der Waals surface area (Å²) in [6, 6.07) is 0. The molecule has 0 spiro atoms. The summed E-state index contributed by atoms with van der Waals surface area (Å²) in [5, 5.41) is 9.84. The van der Waals surface area contributed by atoms with Crippen molar-refractivity contribution in [3.8, 4) is 0 Å². The first kappa shape index (κ1) is 15.1. The molecule has 1 aromatic rings. The van der Waals surface area contributed by atoms with Gasteiger partial charge in [0.2, 0.25) is 0 Å². The van der Waals surface area contributed by atoms with E-state index in [1.807, 2.05) is 6.26 Å². The molecule has 0 bridgehead atoms. The van der Waals surface area contributed by atoms with Gasteiger partial charge >= 0.3 is 0 Å². The number of hydrogen-bond donors (Lipinski definition) is 1. The van der Waals surface area contributed by atoms with Gasteiger partial charge in [-0.1, -0.05) is 0 Å². The highest BCUT2D eigenvalue weighted by atomic mass is 32.2. The van der Waals surface area contributed by atoms with Gasteiger partial charge in [0.1, 0.15) is 11.9 Å². The Morgan fingerprint density at radius 1 is 1.40 bits per heavy atom. The molecule has 1 aromatic heterocycles. The number of piperazine rings is 1. The van der Waals surface area contributed by atoms with Crippen LogP contribution in [0.2, 0.25) is 0 Å². The van der Waals surface area contributed by atoms with Crippen LogP contribution in [0.15, 0.2) is 18.6 Å². The summed E-state index contributed by atoms with van der Waals surface area (Å²) >= 11 is 1.64. The van der Waals surface area contributed by atoms with Gasteiger partial charge in [-0.15, -0.1) is 0 Å². The van der Waals surface area contributed by atoms with E-state index in [-0.39, 0.29) is 5.91 Å². The number of carbonyl (C=O) groups excluding carboxylic acids is 1. The summed E-state index contributed by atoms with van der Waals surface area (Å²) in [5.41, 5.74) is 0. The predicted molar refractivity (Wildman–Crippen MR) is 79.8 cm³/mol. The second-order valence-electron chi connectivity index (χ2n) is 4.67. The summed E-state index contributed by atoms with van der Waals surface area (Å²) < 4.78 is 0. The second kappa shape index (κ2) is 7.44. The molecule has 2 rings (SSSR count). The minimum atomic E-state index is -0.870. The molecule has 20 heavy (non-hydrogen) atoms. The molecule has 7 heteroatoms. The summed E-state index contributed by atoms with van der Waals surface area (Å²) in [7, 11) is 0. The van der Waals surface area contributed by atoms with Crippen molar-refractivity contribution in [1.82, 2.24) is 14.9 Å². The molecular formula is C13H20N4O2S. The minimum absolute atomic E-state index is 0.155. The first-order chi connectivity index (χ1) is 9.72. The largest absolute Gasteiger partial charge is 0.383 e. The third kappa shape index (κ3) is 3.83. The Labute approximate surface area is 123 Å². The van der Waals surface area contributed by atoms with E-state index in [1.165, 1.54) is 0 Å². The number of aliphatic hydroxyl groups excluding tert-OH is 1. The molecule has 0 radical (unpaired) electrons. The Balaban J connectivity index is 1.83. The second-order valence-corrected chi connectivity index (χ2v) is 5.66. The van der Waals surface area contributed by atoms with Gasteiger partial charge in [-0.25, -0.2) is 4.98 Å². The Morgan fingerprint density at radius 2 is 2.15 bits per heavy atom. The van der Waals surface area contributed by atoms with E-state index in [1.54, 1.807) is 35.3 Å². The molecule has 2 heterocycles. The van der Waals surface area contributed by atoms with Crippen molar-refractivity contribution in [3.63, 3.8) is 0 Å². The van der Waals surface area contributed by atoms with Crippen molar-refractivity contribution >= 4 is 23.5 Å². The standard InChI is InChI=1S/C13H20N4O2S/c1-20-9-2-11(18)13(19)17-7-5-16(6-8-17)12-10-14-3-4-15-12/h3-4,10-11,18H,2,5-9H2,1H3. The third-order valence-corrected chi connectivity index (χ3v) is 3.99. The van der Waals surface area contributed by atoms with Crippen LogP contribution in [0.3, 0.4) is 0 Å². The van der Waals surface area contributed by atoms with E-state index in [0.717, 1.165) is 24.7 Å². The molecule has 0 aromatic carbocycles. The third-order valence-electron chi connectivity index (χ3n) is 3.35. The lowest BCUT2D eigenvalue weighted by Crippen LogP contribution is -2.51. The summed E-state index contributed by atoms with van der Waals surface area (Å²) in [4.78, 5) is 24.2. The van der Waals surface area contributed by atoms with Crippen molar-refractivity contribution in [1.29, 1.82) is 0 Å². The number of carbonyl (C=O) groups is 1. The molecule has 1 unspecified atom stereocenters. The van der Waals surface area contributed by atoms with Crippen LogP contribution in [0.25, 0.3) is 0 Å². The van der Waals surface area contributed by atoms with Gasteiger partial charge in [0.15, 0.2) is 0 Å². The molecule has 1 atom stereocenters. The Kier molecular flexibility index (Phi) is 5.60. The van der Waals surface area contributed by atoms with E-state index in [9.17, 15) is 9.90 Å². The molecule has 110 valence electrons. The maximum Gasteiger partial charge on any atom is 0.251 e. The van der Waals surface area contributed by atoms with Crippen LogP contribution in [-0.2, 0) is 4.79 Å². The van der Waals surface area contributed by atoms with Gasteiger partial charge in [-0.3, -0.25) is 9.78 Å². The fraction of sp³-hybridized carbons (Fsp3) is 0.615. The molecule has 1 aliphatic rings. The number of aliphatic hydroxyl groups is 1. The van der Waals surface area contributed by atoms with Gasteiger partial charge in [0, 0.05) is 38.6 Å². The Hall–Kier alpha value is -1.34. The SMILES string of the molecule is CSCCC(O)C(=O)N1CCN(c2cnccn2)CC1. The minimum Gasteiger partial charge on any atom is -0.383 e. The van der Waals surface area contributed by atoms with Crippen LogP contribution in [0.4, 0.5) is 5.82 Å². The first-order valence-electron chi connectivity index (χ1n) is 6.69. The van der Waals surface area contributed by atoms with Crippen LogP contribution in [0, 0.1) is 0 Å². The molecule has 1 fully saturated rings. The molecule has 1 saturated heterocycles. The van der Waals surface area contributed by atoms with Crippen LogP contribution in [0.1, 0.15) is 6.42 Å². The lowest BCUT2D eigenvalue weighted by Gasteiger charge is -2.36. The average molecular weight is 296 g/mol. The zero-order valence-electron chi connectivity index (χ0n) is 11.6. The zero-order valence-corrected chi connectivity index (χ0v) is 12.4. The van der Waals surface area contributed by atoms with Crippen molar-refractivity contribution in [2.24, 2.45) is 0 Å². The first-order valence-corrected chi connectivity index (χ1v) is 8.08. The number of hydrogen-bond acceptors (Lipinski definition) is 6. The molecule has 6 nitrogen and oxygen atoms in total. The number of anilines is 1. The van der Waals surface area contributed by atoms with Crippen LogP contribution >= 0.6 is 11.8 Å². The van der Waals surface area contributed by atoms with E-state index in [2.05, 4.69) is 14.9 Å². The highest BCUT2D eigenvalue weighted by Crippen LogP contribution is 2.13. The monoisotopic (exact) mass is 296 g/mol. The van der Waals surface area contributed by atoms with Crippen LogP contribution in [-0.4, -0.2) is 70.2 Å². The molecule has 0 aliphatic carbocycles. The maximum absolute atomic E-state index is 12.1. The molecule has 1 N–H and O–H groups in total. The van der Waals surface area contributed by atoms with Gasteiger partial charge in [-0.05, 0) is 18.4 Å². The van der Waals surface area contributed by atoms with Gasteiger partial charge < -0.3 is 14.9 Å². The lowest BCUT2D eigenvalue weighted by atomic mass is 10.2. The van der Waals surface area contributed by atoms with E-state index in [4.69, 9.17) is 0 Å². The van der Waals surface area contributed by atoms with Gasteiger partial charge in [-0.2, -0.15) is 11.8 Å². The summed E-state index contributed by atoms with van der Waals surface area (Å²) in [6.07, 6.45) is 6.65. The van der Waals surface area contributed by atoms with Crippen molar-refractivity contribution in [3.05, 3.63) is 18.6 Å². The highest BCUT2D eigenvalue weighted by molar-refractivity contribution is 7.98.